The lowest BCUT2D eigenvalue weighted by atomic mass is 10.2. The van der Waals surface area contributed by atoms with E-state index >= 15 is 0 Å². The Morgan fingerprint density at radius 1 is 1.21 bits per heavy atom. The van der Waals surface area contributed by atoms with Crippen molar-refractivity contribution in [2.75, 3.05) is 0 Å². The third kappa shape index (κ3) is 8.29. The smallest absolute Gasteiger partial charge is 0.192 e. The lowest BCUT2D eigenvalue weighted by Gasteiger charge is -2.37. The zero-order valence-electron chi connectivity index (χ0n) is 14.0. The normalized spacial score (nSPS) is 14.3. The minimum atomic E-state index is -1.65. The van der Waals surface area contributed by atoms with E-state index in [2.05, 4.69) is 65.6 Å². The van der Waals surface area contributed by atoms with Crippen LogP contribution < -0.4 is 0 Å². The van der Waals surface area contributed by atoms with Crippen molar-refractivity contribution in [3.05, 3.63) is 12.2 Å². The maximum Gasteiger partial charge on any atom is 0.192 e. The van der Waals surface area contributed by atoms with Gasteiger partial charge in [-0.1, -0.05) is 52.4 Å². The molecule has 0 aromatic rings. The summed E-state index contributed by atoms with van der Waals surface area (Å²) in [5, 5.41) is 0.265. The molecule has 110 valence electrons. The van der Waals surface area contributed by atoms with Crippen molar-refractivity contribution in [3.8, 4) is 11.8 Å². The van der Waals surface area contributed by atoms with E-state index in [0.717, 1.165) is 6.42 Å². The Kier molecular flexibility index (Phi) is 8.37. The number of allylic oxidation sites excluding steroid dienone is 1. The summed E-state index contributed by atoms with van der Waals surface area (Å²) in [6, 6.07) is 0. The molecule has 0 bridgehead atoms. The maximum atomic E-state index is 6.23. The lowest BCUT2D eigenvalue weighted by molar-refractivity contribution is 0.243. The Morgan fingerprint density at radius 3 is 2.37 bits per heavy atom. The molecule has 0 amide bonds. The van der Waals surface area contributed by atoms with Gasteiger partial charge in [0.2, 0.25) is 0 Å². The molecule has 0 aromatic heterocycles. The first-order chi connectivity index (χ1) is 8.70. The summed E-state index contributed by atoms with van der Waals surface area (Å²) in [5.41, 5.74) is 0. The maximum absolute atomic E-state index is 6.23. The van der Waals surface area contributed by atoms with Gasteiger partial charge < -0.3 is 4.43 Å². The second-order valence-electron chi connectivity index (χ2n) is 6.72. The van der Waals surface area contributed by atoms with Gasteiger partial charge >= 0.3 is 0 Å². The Labute approximate surface area is 122 Å². The number of rotatable bonds is 6. The van der Waals surface area contributed by atoms with Crippen molar-refractivity contribution in [2.45, 2.75) is 84.5 Å². The molecule has 1 atom stereocenters. The molecule has 19 heavy (non-hydrogen) atoms. The molecule has 0 fully saturated rings. The van der Waals surface area contributed by atoms with Crippen LogP contribution in [0.3, 0.4) is 0 Å². The van der Waals surface area contributed by atoms with Gasteiger partial charge in [-0.15, -0.1) is 0 Å². The van der Waals surface area contributed by atoms with Gasteiger partial charge in [0, 0.05) is 6.42 Å². The van der Waals surface area contributed by atoms with Gasteiger partial charge in [-0.3, -0.25) is 0 Å². The van der Waals surface area contributed by atoms with Crippen molar-refractivity contribution in [2.24, 2.45) is 0 Å². The van der Waals surface area contributed by atoms with Crippen LogP contribution in [0.15, 0.2) is 12.2 Å². The average Bonchev–Trinajstić information content (AvgIpc) is 2.25. The average molecular weight is 281 g/mol. The summed E-state index contributed by atoms with van der Waals surface area (Å²) in [4.78, 5) is 0. The molecular formula is C17H32OSi. The summed E-state index contributed by atoms with van der Waals surface area (Å²) in [6.07, 6.45) is 8.95. The van der Waals surface area contributed by atoms with Crippen molar-refractivity contribution < 1.29 is 4.43 Å². The fourth-order valence-electron chi connectivity index (χ4n) is 1.46. The van der Waals surface area contributed by atoms with E-state index in [1.807, 2.05) is 6.08 Å². The van der Waals surface area contributed by atoms with E-state index < -0.39 is 8.32 Å². The van der Waals surface area contributed by atoms with Crippen molar-refractivity contribution >= 4 is 8.32 Å². The number of hydrogen-bond donors (Lipinski definition) is 0. The van der Waals surface area contributed by atoms with Crippen LogP contribution in [0.5, 0.6) is 0 Å². The summed E-state index contributed by atoms with van der Waals surface area (Å²) in [5.74, 6) is 6.29. The van der Waals surface area contributed by atoms with Gasteiger partial charge in [0.15, 0.2) is 8.32 Å². The Bertz CT molecular complexity index is 325. The minimum absolute atomic E-state index is 0.158. The first kappa shape index (κ1) is 18.5. The molecule has 0 aliphatic heterocycles. The standard InChI is InChI=1S/C17H32OSi/c1-8-9-10-11-12-13-14-15-16(2)18-19(6,7)17(3,4)5/h14-16H,8-11H2,1-7H3/b15-14-. The molecule has 1 nitrogen and oxygen atoms in total. The summed E-state index contributed by atoms with van der Waals surface area (Å²) < 4.78 is 6.23. The lowest BCUT2D eigenvalue weighted by Crippen LogP contribution is -2.42. The molecule has 0 aliphatic rings. The molecule has 2 heteroatoms. The predicted molar refractivity (Wildman–Crippen MR) is 88.8 cm³/mol. The monoisotopic (exact) mass is 280 g/mol. The molecule has 1 unspecified atom stereocenters. The van der Waals surface area contributed by atoms with E-state index in [0.29, 0.717) is 0 Å². The van der Waals surface area contributed by atoms with Crippen LogP contribution in [-0.4, -0.2) is 14.4 Å². The highest BCUT2D eigenvalue weighted by atomic mass is 28.4. The fourth-order valence-corrected chi connectivity index (χ4v) is 2.82. The number of hydrogen-bond acceptors (Lipinski definition) is 1. The van der Waals surface area contributed by atoms with Crippen LogP contribution >= 0.6 is 0 Å². The molecular weight excluding hydrogens is 248 g/mol. The van der Waals surface area contributed by atoms with Gasteiger partial charge in [-0.2, -0.15) is 0 Å². The van der Waals surface area contributed by atoms with Gasteiger partial charge in [-0.05, 0) is 43.6 Å². The minimum Gasteiger partial charge on any atom is -0.411 e. The molecule has 0 N–H and O–H groups in total. The van der Waals surface area contributed by atoms with E-state index in [-0.39, 0.29) is 11.1 Å². The highest BCUT2D eigenvalue weighted by molar-refractivity contribution is 6.74. The molecule has 0 saturated carbocycles. The van der Waals surface area contributed by atoms with Crippen LogP contribution in [0, 0.1) is 11.8 Å². The highest BCUT2D eigenvalue weighted by Gasteiger charge is 2.37. The fraction of sp³-hybridized carbons (Fsp3) is 0.765. The van der Waals surface area contributed by atoms with E-state index in [9.17, 15) is 0 Å². The zero-order valence-corrected chi connectivity index (χ0v) is 15.0. The summed E-state index contributed by atoms with van der Waals surface area (Å²) in [7, 11) is -1.65. The topological polar surface area (TPSA) is 9.23 Å². The third-order valence-electron chi connectivity index (χ3n) is 3.74. The van der Waals surface area contributed by atoms with Crippen molar-refractivity contribution in [1.82, 2.24) is 0 Å². The zero-order chi connectivity index (χ0) is 14.9. The summed E-state index contributed by atoms with van der Waals surface area (Å²) in [6.45, 7) is 15.7. The van der Waals surface area contributed by atoms with Crippen LogP contribution in [0.2, 0.25) is 18.1 Å². The predicted octanol–water partition coefficient (Wildman–Crippen LogP) is 5.54. The Balaban J connectivity index is 4.14. The third-order valence-corrected chi connectivity index (χ3v) is 8.32. The second-order valence-corrected chi connectivity index (χ2v) is 11.5. The molecule has 0 heterocycles. The number of unbranched alkanes of at least 4 members (excludes halogenated alkanes) is 3. The van der Waals surface area contributed by atoms with E-state index in [1.54, 1.807) is 0 Å². The Morgan fingerprint density at radius 2 is 1.84 bits per heavy atom. The first-order valence-electron chi connectivity index (χ1n) is 7.53. The van der Waals surface area contributed by atoms with Crippen molar-refractivity contribution in [3.63, 3.8) is 0 Å². The SMILES string of the molecule is CCCCCC#C/C=C\C(C)O[Si](C)(C)C(C)(C)C. The van der Waals surface area contributed by atoms with Gasteiger partial charge in [0.25, 0.3) is 0 Å². The second kappa shape index (κ2) is 8.61. The van der Waals surface area contributed by atoms with Crippen LogP contribution in [-0.2, 0) is 4.43 Å². The molecule has 0 aliphatic carbocycles. The van der Waals surface area contributed by atoms with Crippen LogP contribution in [0.4, 0.5) is 0 Å². The molecule has 0 saturated heterocycles. The van der Waals surface area contributed by atoms with E-state index in [1.165, 1.54) is 19.3 Å². The van der Waals surface area contributed by atoms with Gasteiger partial charge in [-0.25, -0.2) is 0 Å². The Hall–Kier alpha value is -0.523. The largest absolute Gasteiger partial charge is 0.411 e. The first-order valence-corrected chi connectivity index (χ1v) is 10.4. The van der Waals surface area contributed by atoms with Gasteiger partial charge in [0.05, 0.1) is 6.10 Å². The van der Waals surface area contributed by atoms with E-state index in [4.69, 9.17) is 4.43 Å². The summed E-state index contributed by atoms with van der Waals surface area (Å²) >= 11 is 0. The molecule has 0 rings (SSSR count). The van der Waals surface area contributed by atoms with Crippen LogP contribution in [0.25, 0.3) is 0 Å². The van der Waals surface area contributed by atoms with Crippen molar-refractivity contribution in [1.29, 1.82) is 0 Å². The van der Waals surface area contributed by atoms with Crippen LogP contribution in [0.1, 0.15) is 60.3 Å². The highest BCUT2D eigenvalue weighted by Crippen LogP contribution is 2.37. The molecule has 0 aromatic carbocycles. The molecule has 0 spiro atoms. The quantitative estimate of drug-likeness (QED) is 0.353. The van der Waals surface area contributed by atoms with Gasteiger partial charge in [0.1, 0.15) is 0 Å². The molecule has 0 radical (unpaired) electrons.